The summed E-state index contributed by atoms with van der Waals surface area (Å²) in [6, 6.07) is 17.4. The highest BCUT2D eigenvalue weighted by Crippen LogP contribution is 2.27. The van der Waals surface area contributed by atoms with Gasteiger partial charge in [-0.25, -0.2) is 4.68 Å². The average Bonchev–Trinajstić information content (AvgIpc) is 3.13. The predicted molar refractivity (Wildman–Crippen MR) is 127 cm³/mol. The van der Waals surface area contributed by atoms with Gasteiger partial charge in [0.1, 0.15) is 0 Å². The zero-order chi connectivity index (χ0) is 22.7. The molecule has 0 unspecified atom stereocenters. The second-order valence-corrected chi connectivity index (χ2v) is 8.13. The van der Waals surface area contributed by atoms with E-state index in [0.717, 1.165) is 40.0 Å². The second kappa shape index (κ2) is 9.40. The molecule has 1 N–H and O–H groups in total. The molecule has 2 heterocycles. The van der Waals surface area contributed by atoms with Gasteiger partial charge in [-0.2, -0.15) is 10.1 Å². The molecule has 0 spiro atoms. The molecule has 1 amide bonds. The van der Waals surface area contributed by atoms with E-state index in [4.69, 9.17) is 21.4 Å². The normalized spacial score (nSPS) is 11.0. The average molecular weight is 449 g/mol. The van der Waals surface area contributed by atoms with Crippen molar-refractivity contribution in [2.75, 3.05) is 6.61 Å². The quantitative estimate of drug-likeness (QED) is 0.434. The maximum absolute atomic E-state index is 12.3. The maximum atomic E-state index is 12.3. The molecule has 0 radical (unpaired) electrons. The minimum Gasteiger partial charge on any atom is -0.468 e. The van der Waals surface area contributed by atoms with Gasteiger partial charge < -0.3 is 10.1 Å². The molecule has 0 aliphatic heterocycles. The molecule has 164 valence electrons. The predicted octanol–water partition coefficient (Wildman–Crippen LogP) is 4.95. The van der Waals surface area contributed by atoms with Crippen LogP contribution in [0, 0.1) is 13.8 Å². The Morgan fingerprint density at radius 3 is 2.50 bits per heavy atom. The summed E-state index contributed by atoms with van der Waals surface area (Å²) in [5.41, 5.74) is 5.80. The highest BCUT2D eigenvalue weighted by molar-refractivity contribution is 6.30. The van der Waals surface area contributed by atoms with E-state index in [2.05, 4.69) is 17.2 Å². The van der Waals surface area contributed by atoms with Gasteiger partial charge >= 0.3 is 0 Å². The molecule has 0 aliphatic carbocycles. The number of hydrogen-bond acceptors (Lipinski definition) is 4. The molecule has 32 heavy (non-hydrogen) atoms. The number of carbonyl (C=O) groups excluding carboxylic acids is 1. The number of rotatable bonds is 7. The van der Waals surface area contributed by atoms with Gasteiger partial charge in [-0.1, -0.05) is 48.4 Å². The summed E-state index contributed by atoms with van der Waals surface area (Å²) >= 11 is 5.90. The van der Waals surface area contributed by atoms with Crippen molar-refractivity contribution in [1.82, 2.24) is 20.1 Å². The SMILES string of the molecule is CCc1cc(OCC(=O)NCc2ccc(Cl)cc2)nc2c1c(C)nn2-c1ccc(C)cc1. The number of halogens is 1. The van der Waals surface area contributed by atoms with Crippen LogP contribution in [0.15, 0.2) is 54.6 Å². The molecular formula is C25H25ClN4O2. The largest absolute Gasteiger partial charge is 0.468 e. The minimum absolute atomic E-state index is 0.118. The number of aryl methyl sites for hydroxylation is 3. The number of nitrogens with one attached hydrogen (secondary N) is 1. The zero-order valence-electron chi connectivity index (χ0n) is 18.4. The number of carbonyl (C=O) groups is 1. The first-order valence-electron chi connectivity index (χ1n) is 10.5. The first-order valence-corrected chi connectivity index (χ1v) is 10.9. The van der Waals surface area contributed by atoms with Gasteiger partial charge in [-0.05, 0) is 55.7 Å². The Morgan fingerprint density at radius 2 is 1.81 bits per heavy atom. The van der Waals surface area contributed by atoms with Crippen LogP contribution >= 0.6 is 11.6 Å². The lowest BCUT2D eigenvalue weighted by atomic mass is 10.1. The zero-order valence-corrected chi connectivity index (χ0v) is 19.1. The van der Waals surface area contributed by atoms with Gasteiger partial charge in [0.2, 0.25) is 5.88 Å². The smallest absolute Gasteiger partial charge is 0.258 e. The molecule has 7 heteroatoms. The Labute approximate surface area is 192 Å². The van der Waals surface area contributed by atoms with E-state index < -0.39 is 0 Å². The molecule has 0 saturated heterocycles. The number of amides is 1. The minimum atomic E-state index is -0.219. The van der Waals surface area contributed by atoms with Crippen LogP contribution in [0.3, 0.4) is 0 Å². The van der Waals surface area contributed by atoms with E-state index in [1.165, 1.54) is 5.56 Å². The van der Waals surface area contributed by atoms with E-state index in [-0.39, 0.29) is 12.5 Å². The van der Waals surface area contributed by atoms with Crippen LogP contribution in [0.2, 0.25) is 5.02 Å². The van der Waals surface area contributed by atoms with Crippen LogP contribution in [-0.4, -0.2) is 27.3 Å². The van der Waals surface area contributed by atoms with E-state index in [1.807, 2.05) is 61.0 Å². The highest BCUT2D eigenvalue weighted by Gasteiger charge is 2.16. The van der Waals surface area contributed by atoms with Crippen LogP contribution in [0.5, 0.6) is 5.88 Å². The Bertz CT molecular complexity index is 1250. The van der Waals surface area contributed by atoms with Crippen molar-refractivity contribution in [1.29, 1.82) is 0 Å². The standard InChI is InChI=1S/C25H25ClN4O2/c1-4-19-13-23(32-15-22(31)27-14-18-7-9-20(26)10-8-18)28-25-24(19)17(3)29-30(25)21-11-5-16(2)6-12-21/h5-13H,4,14-15H2,1-3H3,(H,27,31). The van der Waals surface area contributed by atoms with E-state index in [9.17, 15) is 4.79 Å². The topological polar surface area (TPSA) is 69.0 Å². The van der Waals surface area contributed by atoms with Gasteiger partial charge in [0.25, 0.3) is 5.91 Å². The fraction of sp³-hybridized carbons (Fsp3) is 0.240. The van der Waals surface area contributed by atoms with Crippen molar-refractivity contribution < 1.29 is 9.53 Å². The Balaban J connectivity index is 1.53. The summed E-state index contributed by atoms with van der Waals surface area (Å²) in [6.07, 6.45) is 0.804. The van der Waals surface area contributed by atoms with E-state index in [0.29, 0.717) is 17.4 Å². The molecule has 0 atom stereocenters. The van der Waals surface area contributed by atoms with Crippen LogP contribution in [0.1, 0.15) is 29.3 Å². The molecule has 0 fully saturated rings. The van der Waals surface area contributed by atoms with Crippen LogP contribution in [0.25, 0.3) is 16.7 Å². The maximum Gasteiger partial charge on any atom is 0.258 e. The summed E-state index contributed by atoms with van der Waals surface area (Å²) in [4.78, 5) is 17.0. The summed E-state index contributed by atoms with van der Waals surface area (Å²) < 4.78 is 7.59. The first kappa shape index (κ1) is 21.8. The fourth-order valence-corrected chi connectivity index (χ4v) is 3.69. The molecule has 2 aromatic heterocycles. The van der Waals surface area contributed by atoms with Crippen molar-refractivity contribution in [3.8, 4) is 11.6 Å². The lowest BCUT2D eigenvalue weighted by Crippen LogP contribution is -2.28. The highest BCUT2D eigenvalue weighted by atomic mass is 35.5. The Morgan fingerprint density at radius 1 is 1.09 bits per heavy atom. The number of fused-ring (bicyclic) bond motifs is 1. The number of aromatic nitrogens is 3. The van der Waals surface area contributed by atoms with Crippen molar-refractivity contribution >= 4 is 28.5 Å². The van der Waals surface area contributed by atoms with Gasteiger partial charge in [0, 0.05) is 23.0 Å². The number of ether oxygens (including phenoxy) is 1. The third kappa shape index (κ3) is 4.75. The van der Waals surface area contributed by atoms with Gasteiger partial charge in [0.15, 0.2) is 12.3 Å². The monoisotopic (exact) mass is 448 g/mol. The van der Waals surface area contributed by atoms with Crippen LogP contribution < -0.4 is 10.1 Å². The summed E-state index contributed by atoms with van der Waals surface area (Å²) in [5.74, 6) is 0.187. The van der Waals surface area contributed by atoms with Crippen molar-refractivity contribution in [2.24, 2.45) is 0 Å². The summed E-state index contributed by atoms with van der Waals surface area (Å²) in [7, 11) is 0. The number of hydrogen-bond donors (Lipinski definition) is 1. The molecule has 0 saturated carbocycles. The molecule has 2 aromatic carbocycles. The lowest BCUT2D eigenvalue weighted by Gasteiger charge is -2.10. The molecule has 4 rings (SSSR count). The fourth-order valence-electron chi connectivity index (χ4n) is 3.56. The number of benzene rings is 2. The third-order valence-electron chi connectivity index (χ3n) is 5.28. The molecule has 4 aromatic rings. The van der Waals surface area contributed by atoms with Gasteiger partial charge in [-0.15, -0.1) is 0 Å². The molecular weight excluding hydrogens is 424 g/mol. The van der Waals surface area contributed by atoms with Gasteiger partial charge in [-0.3, -0.25) is 4.79 Å². The lowest BCUT2D eigenvalue weighted by molar-refractivity contribution is -0.123. The van der Waals surface area contributed by atoms with Crippen LogP contribution in [0.4, 0.5) is 0 Å². The molecule has 0 bridgehead atoms. The molecule has 0 aliphatic rings. The Hall–Kier alpha value is -3.38. The first-order chi connectivity index (χ1) is 15.4. The van der Waals surface area contributed by atoms with Crippen molar-refractivity contribution in [2.45, 2.75) is 33.7 Å². The van der Waals surface area contributed by atoms with E-state index >= 15 is 0 Å². The van der Waals surface area contributed by atoms with E-state index in [1.54, 1.807) is 12.1 Å². The van der Waals surface area contributed by atoms with Crippen LogP contribution in [-0.2, 0) is 17.8 Å². The summed E-state index contributed by atoms with van der Waals surface area (Å²) in [6.45, 7) is 6.41. The summed E-state index contributed by atoms with van der Waals surface area (Å²) in [5, 5.41) is 9.25. The number of pyridine rings is 1. The van der Waals surface area contributed by atoms with Crippen molar-refractivity contribution in [3.05, 3.63) is 82.0 Å². The molecule has 6 nitrogen and oxygen atoms in total. The van der Waals surface area contributed by atoms with Crippen molar-refractivity contribution in [3.63, 3.8) is 0 Å². The van der Waals surface area contributed by atoms with Gasteiger partial charge in [0.05, 0.1) is 11.4 Å². The second-order valence-electron chi connectivity index (χ2n) is 7.70. The third-order valence-corrected chi connectivity index (χ3v) is 5.54. The Kier molecular flexibility index (Phi) is 6.42. The number of nitrogens with zero attached hydrogens (tertiary/aromatic N) is 3.